The lowest BCUT2D eigenvalue weighted by Gasteiger charge is -2.34. The molecular weight excluding hydrogens is 328 g/mol. The first-order valence-electron chi connectivity index (χ1n) is 9.32. The molecule has 1 heterocycles. The summed E-state index contributed by atoms with van der Waals surface area (Å²) in [6.07, 6.45) is 5.15. The van der Waals surface area contributed by atoms with Crippen molar-refractivity contribution < 1.29 is 14.3 Å². The summed E-state index contributed by atoms with van der Waals surface area (Å²) in [7, 11) is 0. The predicted octanol–water partition coefficient (Wildman–Crippen LogP) is 3.26. The van der Waals surface area contributed by atoms with Gasteiger partial charge >= 0.3 is 5.97 Å². The number of nitrogens with one attached hydrogen (secondary N) is 1. The SMILES string of the molecule is CC1CCCC(NC(=O)COC(=O)Cc2cccc3cccnc23)C1C. The van der Waals surface area contributed by atoms with Crippen LogP contribution < -0.4 is 5.32 Å². The molecular formula is C21H26N2O3. The summed E-state index contributed by atoms with van der Waals surface area (Å²) in [5.41, 5.74) is 1.60. The summed E-state index contributed by atoms with van der Waals surface area (Å²) >= 11 is 0. The fraction of sp³-hybridized carbons (Fsp3) is 0.476. The Hall–Kier alpha value is -2.43. The quantitative estimate of drug-likeness (QED) is 0.837. The molecule has 1 aromatic carbocycles. The smallest absolute Gasteiger partial charge is 0.310 e. The molecule has 1 saturated carbocycles. The van der Waals surface area contributed by atoms with Gasteiger partial charge in [-0.05, 0) is 29.9 Å². The van der Waals surface area contributed by atoms with Crippen LogP contribution >= 0.6 is 0 Å². The summed E-state index contributed by atoms with van der Waals surface area (Å²) in [4.78, 5) is 28.6. The van der Waals surface area contributed by atoms with Gasteiger partial charge in [-0.1, -0.05) is 51.0 Å². The molecule has 1 aromatic heterocycles. The van der Waals surface area contributed by atoms with Crippen LogP contribution in [0.2, 0.25) is 0 Å². The number of aromatic nitrogens is 1. The first-order chi connectivity index (χ1) is 12.5. The van der Waals surface area contributed by atoms with Gasteiger partial charge in [-0.25, -0.2) is 0 Å². The van der Waals surface area contributed by atoms with Gasteiger partial charge in [0.1, 0.15) is 0 Å². The molecule has 0 spiro atoms. The van der Waals surface area contributed by atoms with Crippen molar-refractivity contribution in [2.24, 2.45) is 11.8 Å². The lowest BCUT2D eigenvalue weighted by atomic mass is 9.78. The number of hydrogen-bond acceptors (Lipinski definition) is 4. The Kier molecular flexibility index (Phi) is 5.86. The molecule has 1 N–H and O–H groups in total. The third kappa shape index (κ3) is 4.40. The Morgan fingerprint density at radius 1 is 1.19 bits per heavy atom. The Morgan fingerprint density at radius 3 is 2.85 bits per heavy atom. The van der Waals surface area contributed by atoms with E-state index in [1.54, 1.807) is 6.20 Å². The average Bonchev–Trinajstić information content (AvgIpc) is 2.64. The van der Waals surface area contributed by atoms with Crippen LogP contribution in [0.1, 0.15) is 38.7 Å². The standard InChI is InChI=1S/C21H26N2O3/c1-14-6-3-10-18(15(14)2)23-19(24)13-26-20(25)12-17-8-4-7-16-9-5-11-22-21(16)17/h4-5,7-9,11,14-15,18H,3,6,10,12-13H2,1-2H3,(H,23,24). The van der Waals surface area contributed by atoms with E-state index in [2.05, 4.69) is 24.1 Å². The molecule has 3 unspecified atom stereocenters. The van der Waals surface area contributed by atoms with E-state index in [4.69, 9.17) is 4.74 Å². The van der Waals surface area contributed by atoms with Gasteiger partial charge in [0.2, 0.25) is 0 Å². The number of hydrogen-bond donors (Lipinski definition) is 1. The third-order valence-corrected chi connectivity index (χ3v) is 5.47. The van der Waals surface area contributed by atoms with E-state index in [0.717, 1.165) is 29.3 Å². The summed E-state index contributed by atoms with van der Waals surface area (Å²) in [5.74, 6) is 0.421. The molecule has 1 aliphatic rings. The highest BCUT2D eigenvalue weighted by Gasteiger charge is 2.28. The van der Waals surface area contributed by atoms with E-state index in [-0.39, 0.29) is 25.0 Å². The van der Waals surface area contributed by atoms with E-state index < -0.39 is 5.97 Å². The topological polar surface area (TPSA) is 68.3 Å². The predicted molar refractivity (Wildman–Crippen MR) is 101 cm³/mol. The fourth-order valence-electron chi connectivity index (χ4n) is 3.70. The first kappa shape index (κ1) is 18.4. The molecule has 0 aliphatic heterocycles. The van der Waals surface area contributed by atoms with Crippen molar-refractivity contribution >= 4 is 22.8 Å². The van der Waals surface area contributed by atoms with Crippen LogP contribution in [-0.2, 0) is 20.7 Å². The summed E-state index contributed by atoms with van der Waals surface area (Å²) in [6, 6.07) is 9.70. The third-order valence-electron chi connectivity index (χ3n) is 5.47. The Bertz CT molecular complexity index is 784. The molecule has 138 valence electrons. The lowest BCUT2D eigenvalue weighted by Crippen LogP contribution is -2.45. The molecule has 3 rings (SSSR count). The van der Waals surface area contributed by atoms with E-state index in [1.807, 2.05) is 30.3 Å². The van der Waals surface area contributed by atoms with E-state index in [1.165, 1.54) is 6.42 Å². The zero-order valence-electron chi connectivity index (χ0n) is 15.4. The van der Waals surface area contributed by atoms with Crippen LogP contribution in [0.3, 0.4) is 0 Å². The second-order valence-corrected chi connectivity index (χ2v) is 7.27. The van der Waals surface area contributed by atoms with Crippen molar-refractivity contribution in [2.75, 3.05) is 6.61 Å². The van der Waals surface area contributed by atoms with Crippen LogP contribution in [0.15, 0.2) is 36.5 Å². The maximum atomic E-state index is 12.1. The minimum absolute atomic E-state index is 0.110. The molecule has 0 bridgehead atoms. The number of carbonyl (C=O) groups is 2. The molecule has 0 saturated heterocycles. The van der Waals surface area contributed by atoms with Gasteiger partial charge in [0.15, 0.2) is 6.61 Å². The van der Waals surface area contributed by atoms with Crippen LogP contribution in [0.5, 0.6) is 0 Å². The number of fused-ring (bicyclic) bond motifs is 1. The number of pyridine rings is 1. The van der Waals surface area contributed by atoms with Gasteiger partial charge in [-0.3, -0.25) is 14.6 Å². The molecule has 3 atom stereocenters. The number of benzene rings is 1. The summed E-state index contributed by atoms with van der Waals surface area (Å²) < 4.78 is 5.18. The zero-order chi connectivity index (χ0) is 18.5. The van der Waals surface area contributed by atoms with Crippen molar-refractivity contribution in [3.05, 3.63) is 42.1 Å². The molecule has 1 aliphatic carbocycles. The first-order valence-corrected chi connectivity index (χ1v) is 9.32. The zero-order valence-corrected chi connectivity index (χ0v) is 15.4. The summed E-state index contributed by atoms with van der Waals surface area (Å²) in [5, 5.41) is 4.00. The second-order valence-electron chi connectivity index (χ2n) is 7.27. The van der Waals surface area contributed by atoms with Gasteiger partial charge in [0.05, 0.1) is 11.9 Å². The number of nitrogens with zero attached hydrogens (tertiary/aromatic N) is 1. The average molecular weight is 354 g/mol. The van der Waals surface area contributed by atoms with Crippen molar-refractivity contribution in [1.82, 2.24) is 10.3 Å². The van der Waals surface area contributed by atoms with Gasteiger partial charge in [0, 0.05) is 17.6 Å². The Morgan fingerprint density at radius 2 is 2.00 bits per heavy atom. The molecule has 26 heavy (non-hydrogen) atoms. The van der Waals surface area contributed by atoms with Crippen LogP contribution in [0.4, 0.5) is 0 Å². The van der Waals surface area contributed by atoms with E-state index in [9.17, 15) is 9.59 Å². The maximum Gasteiger partial charge on any atom is 0.310 e. The van der Waals surface area contributed by atoms with Crippen LogP contribution in [0.25, 0.3) is 10.9 Å². The highest BCUT2D eigenvalue weighted by molar-refractivity contribution is 5.87. The van der Waals surface area contributed by atoms with Crippen molar-refractivity contribution in [2.45, 2.75) is 45.6 Å². The maximum absolute atomic E-state index is 12.1. The number of carbonyl (C=O) groups excluding carboxylic acids is 2. The largest absolute Gasteiger partial charge is 0.455 e. The second kappa shape index (κ2) is 8.30. The van der Waals surface area contributed by atoms with Gasteiger partial charge in [-0.15, -0.1) is 0 Å². The lowest BCUT2D eigenvalue weighted by molar-refractivity contribution is -0.148. The number of para-hydroxylation sites is 1. The van der Waals surface area contributed by atoms with Crippen LogP contribution in [-0.4, -0.2) is 29.5 Å². The fourth-order valence-corrected chi connectivity index (χ4v) is 3.70. The minimum atomic E-state index is -0.414. The molecule has 0 radical (unpaired) electrons. The number of amides is 1. The van der Waals surface area contributed by atoms with Crippen molar-refractivity contribution in [3.63, 3.8) is 0 Å². The monoisotopic (exact) mass is 354 g/mol. The molecule has 5 nitrogen and oxygen atoms in total. The number of ether oxygens (including phenoxy) is 1. The van der Waals surface area contributed by atoms with Gasteiger partial charge in [0.25, 0.3) is 5.91 Å². The Labute approximate surface area is 154 Å². The van der Waals surface area contributed by atoms with Crippen molar-refractivity contribution in [1.29, 1.82) is 0 Å². The molecule has 5 heteroatoms. The van der Waals surface area contributed by atoms with E-state index in [0.29, 0.717) is 11.8 Å². The summed E-state index contributed by atoms with van der Waals surface area (Å²) in [6.45, 7) is 4.17. The molecule has 1 fully saturated rings. The van der Waals surface area contributed by atoms with Gasteiger partial charge in [-0.2, -0.15) is 0 Å². The molecule has 2 aromatic rings. The molecule has 1 amide bonds. The normalized spacial score (nSPS) is 22.8. The number of rotatable bonds is 5. The highest BCUT2D eigenvalue weighted by Crippen LogP contribution is 2.29. The number of esters is 1. The minimum Gasteiger partial charge on any atom is -0.455 e. The van der Waals surface area contributed by atoms with E-state index >= 15 is 0 Å². The van der Waals surface area contributed by atoms with Gasteiger partial charge < -0.3 is 10.1 Å². The van der Waals surface area contributed by atoms with Crippen LogP contribution in [0, 0.1) is 11.8 Å². The Balaban J connectivity index is 1.51. The highest BCUT2D eigenvalue weighted by atomic mass is 16.5. The van der Waals surface area contributed by atoms with Crippen molar-refractivity contribution in [3.8, 4) is 0 Å².